The lowest BCUT2D eigenvalue weighted by atomic mass is 10.2. The summed E-state index contributed by atoms with van der Waals surface area (Å²) < 4.78 is 15.1. The van der Waals surface area contributed by atoms with Crippen molar-refractivity contribution in [3.63, 3.8) is 0 Å². The Kier molecular flexibility index (Phi) is 4.02. The van der Waals surface area contributed by atoms with Crippen molar-refractivity contribution in [1.29, 1.82) is 0 Å². The minimum atomic E-state index is -0.409. The van der Waals surface area contributed by atoms with Crippen molar-refractivity contribution in [2.24, 2.45) is 0 Å². The third-order valence-corrected chi connectivity index (χ3v) is 4.20. The Bertz CT molecular complexity index is 763. The summed E-state index contributed by atoms with van der Waals surface area (Å²) in [7, 11) is 0. The van der Waals surface area contributed by atoms with Crippen LogP contribution in [0, 0.1) is 5.82 Å². The van der Waals surface area contributed by atoms with Crippen LogP contribution in [0.3, 0.4) is 0 Å². The highest BCUT2D eigenvalue weighted by atomic mass is 19.1. The fraction of sp³-hybridized carbons (Fsp3) is 0.438. The Morgan fingerprint density at radius 3 is 2.43 bits per heavy atom. The number of piperazine rings is 1. The average Bonchev–Trinajstić information content (AvgIpc) is 2.91. The molecule has 0 N–H and O–H groups in total. The first-order valence-corrected chi connectivity index (χ1v) is 7.72. The predicted molar refractivity (Wildman–Crippen MR) is 82.7 cm³/mol. The van der Waals surface area contributed by atoms with E-state index in [1.54, 1.807) is 15.9 Å². The van der Waals surface area contributed by atoms with Crippen LogP contribution in [-0.2, 0) is 11.2 Å². The molecular formula is C16H19FN4O2. The van der Waals surface area contributed by atoms with Gasteiger partial charge in [0.15, 0.2) is 0 Å². The van der Waals surface area contributed by atoms with Crippen LogP contribution < -0.4 is 0 Å². The molecule has 23 heavy (non-hydrogen) atoms. The molecule has 3 rings (SSSR count). The van der Waals surface area contributed by atoms with E-state index in [1.165, 1.54) is 23.6 Å². The van der Waals surface area contributed by atoms with E-state index < -0.39 is 5.82 Å². The summed E-state index contributed by atoms with van der Waals surface area (Å²) in [6, 6.07) is 2.90. The summed E-state index contributed by atoms with van der Waals surface area (Å²) in [6.45, 7) is 5.44. The van der Waals surface area contributed by atoms with Gasteiger partial charge in [-0.25, -0.2) is 9.37 Å². The van der Waals surface area contributed by atoms with E-state index in [0.717, 1.165) is 0 Å². The van der Waals surface area contributed by atoms with Crippen LogP contribution in [0.5, 0.6) is 0 Å². The Morgan fingerprint density at radius 1 is 1.17 bits per heavy atom. The lowest BCUT2D eigenvalue weighted by Crippen LogP contribution is -2.50. The molecule has 1 fully saturated rings. The Balaban J connectivity index is 1.92. The molecule has 1 aliphatic rings. The van der Waals surface area contributed by atoms with Gasteiger partial charge in [-0.1, -0.05) is 6.92 Å². The van der Waals surface area contributed by atoms with Crippen LogP contribution in [0.15, 0.2) is 18.3 Å². The second-order valence-corrected chi connectivity index (χ2v) is 5.63. The number of fused-ring (bicyclic) bond motifs is 1. The van der Waals surface area contributed by atoms with Crippen molar-refractivity contribution in [2.75, 3.05) is 26.2 Å². The van der Waals surface area contributed by atoms with Gasteiger partial charge in [0, 0.05) is 39.3 Å². The highest BCUT2D eigenvalue weighted by Gasteiger charge is 2.27. The lowest BCUT2D eigenvalue weighted by molar-refractivity contribution is -0.130. The molecule has 0 saturated carbocycles. The quantitative estimate of drug-likeness (QED) is 0.839. The predicted octanol–water partition coefficient (Wildman–Crippen LogP) is 1.34. The number of hydrogen-bond acceptors (Lipinski definition) is 3. The largest absolute Gasteiger partial charge is 0.339 e. The Hall–Kier alpha value is -2.44. The van der Waals surface area contributed by atoms with E-state index in [2.05, 4.69) is 4.98 Å². The number of aryl methyl sites for hydroxylation is 1. The molecule has 2 amide bonds. The van der Waals surface area contributed by atoms with E-state index in [1.807, 2.05) is 6.92 Å². The van der Waals surface area contributed by atoms with Gasteiger partial charge in [0.25, 0.3) is 5.91 Å². The number of carbonyl (C=O) groups excluding carboxylic acids is 2. The molecule has 122 valence electrons. The number of nitrogens with zero attached hydrogens (tertiary/aromatic N) is 4. The molecule has 1 saturated heterocycles. The molecule has 0 radical (unpaired) electrons. The smallest absolute Gasteiger partial charge is 0.272 e. The van der Waals surface area contributed by atoms with Crippen LogP contribution in [0.4, 0.5) is 4.39 Å². The van der Waals surface area contributed by atoms with Crippen molar-refractivity contribution in [1.82, 2.24) is 19.2 Å². The van der Waals surface area contributed by atoms with Gasteiger partial charge in [-0.05, 0) is 18.6 Å². The van der Waals surface area contributed by atoms with Gasteiger partial charge < -0.3 is 9.80 Å². The summed E-state index contributed by atoms with van der Waals surface area (Å²) in [6.07, 6.45) is 1.89. The third kappa shape index (κ3) is 2.78. The van der Waals surface area contributed by atoms with Crippen molar-refractivity contribution in [3.8, 4) is 0 Å². The minimum Gasteiger partial charge on any atom is -0.339 e. The maximum absolute atomic E-state index is 13.6. The maximum Gasteiger partial charge on any atom is 0.272 e. The zero-order valence-electron chi connectivity index (χ0n) is 13.3. The fourth-order valence-electron chi connectivity index (χ4n) is 2.91. The molecule has 0 aliphatic carbocycles. The number of amides is 2. The summed E-state index contributed by atoms with van der Waals surface area (Å²) in [5.41, 5.74) is 1.64. The van der Waals surface area contributed by atoms with E-state index in [4.69, 9.17) is 0 Å². The molecule has 1 aliphatic heterocycles. The Labute approximate surface area is 133 Å². The topological polar surface area (TPSA) is 57.9 Å². The first-order valence-electron chi connectivity index (χ1n) is 7.72. The van der Waals surface area contributed by atoms with Crippen molar-refractivity contribution in [3.05, 3.63) is 35.5 Å². The number of imidazole rings is 1. The molecule has 0 bridgehead atoms. The van der Waals surface area contributed by atoms with Gasteiger partial charge in [0.2, 0.25) is 5.91 Å². The molecule has 0 aromatic carbocycles. The second-order valence-electron chi connectivity index (χ2n) is 5.63. The molecule has 6 nitrogen and oxygen atoms in total. The highest BCUT2D eigenvalue weighted by molar-refractivity contribution is 5.95. The van der Waals surface area contributed by atoms with Crippen LogP contribution in [0.25, 0.3) is 5.65 Å². The normalized spacial score (nSPS) is 15.3. The van der Waals surface area contributed by atoms with Gasteiger partial charge in [-0.15, -0.1) is 0 Å². The van der Waals surface area contributed by atoms with Gasteiger partial charge in [-0.2, -0.15) is 0 Å². The molecule has 3 heterocycles. The van der Waals surface area contributed by atoms with Gasteiger partial charge in [0.05, 0.1) is 5.69 Å². The standard InChI is InChI=1S/C16H19FN4O2/c1-3-13-15(21-10-12(17)4-5-14(21)18-13)16(23)20-8-6-19(7-9-20)11(2)22/h4-5,10H,3,6-9H2,1-2H3. The Morgan fingerprint density at radius 2 is 1.83 bits per heavy atom. The van der Waals surface area contributed by atoms with Gasteiger partial charge in [-0.3, -0.25) is 14.0 Å². The molecule has 0 unspecified atom stereocenters. The molecule has 2 aromatic heterocycles. The van der Waals surface area contributed by atoms with E-state index in [-0.39, 0.29) is 11.8 Å². The maximum atomic E-state index is 13.6. The first kappa shape index (κ1) is 15.5. The summed E-state index contributed by atoms with van der Waals surface area (Å²) in [5.74, 6) is -0.556. The molecular weight excluding hydrogens is 299 g/mol. The number of aromatic nitrogens is 2. The number of carbonyl (C=O) groups is 2. The molecule has 0 spiro atoms. The number of pyridine rings is 1. The van der Waals surface area contributed by atoms with E-state index in [0.29, 0.717) is 49.6 Å². The van der Waals surface area contributed by atoms with Gasteiger partial charge in [0.1, 0.15) is 17.2 Å². The molecule has 0 atom stereocenters. The summed E-state index contributed by atoms with van der Waals surface area (Å²) in [5, 5.41) is 0. The van der Waals surface area contributed by atoms with E-state index in [9.17, 15) is 14.0 Å². The average molecular weight is 318 g/mol. The zero-order valence-corrected chi connectivity index (χ0v) is 13.3. The monoisotopic (exact) mass is 318 g/mol. The third-order valence-electron chi connectivity index (χ3n) is 4.20. The van der Waals surface area contributed by atoms with Crippen molar-refractivity contribution in [2.45, 2.75) is 20.3 Å². The van der Waals surface area contributed by atoms with E-state index >= 15 is 0 Å². The van der Waals surface area contributed by atoms with Crippen LogP contribution >= 0.6 is 0 Å². The zero-order chi connectivity index (χ0) is 16.6. The minimum absolute atomic E-state index is 0.0169. The van der Waals surface area contributed by atoms with Crippen LogP contribution in [0.1, 0.15) is 30.0 Å². The molecule has 7 heteroatoms. The lowest BCUT2D eigenvalue weighted by Gasteiger charge is -2.34. The second kappa shape index (κ2) is 5.98. The number of hydrogen-bond donors (Lipinski definition) is 0. The SMILES string of the molecule is CCc1nc2ccc(F)cn2c1C(=O)N1CCN(C(C)=O)CC1. The number of rotatable bonds is 2. The fourth-order valence-corrected chi connectivity index (χ4v) is 2.91. The van der Waals surface area contributed by atoms with Crippen LogP contribution in [0.2, 0.25) is 0 Å². The highest BCUT2D eigenvalue weighted by Crippen LogP contribution is 2.18. The summed E-state index contributed by atoms with van der Waals surface area (Å²) >= 11 is 0. The van der Waals surface area contributed by atoms with Crippen LogP contribution in [-0.4, -0.2) is 57.2 Å². The molecule has 2 aromatic rings. The van der Waals surface area contributed by atoms with Gasteiger partial charge >= 0.3 is 0 Å². The van der Waals surface area contributed by atoms with Crippen molar-refractivity contribution < 1.29 is 14.0 Å². The first-order chi connectivity index (χ1) is 11.0. The van der Waals surface area contributed by atoms with Crippen molar-refractivity contribution >= 4 is 17.5 Å². The summed E-state index contributed by atoms with van der Waals surface area (Å²) in [4.78, 5) is 32.1. The number of halogens is 1.